The van der Waals surface area contributed by atoms with E-state index in [0.717, 1.165) is 11.1 Å². The van der Waals surface area contributed by atoms with Crippen LogP contribution < -0.4 is 5.32 Å². The van der Waals surface area contributed by atoms with E-state index in [-0.39, 0.29) is 6.42 Å². The molecule has 0 radical (unpaired) electrons. The Morgan fingerprint density at radius 3 is 2.56 bits per heavy atom. The van der Waals surface area contributed by atoms with Crippen molar-refractivity contribution in [2.45, 2.75) is 19.5 Å². The predicted octanol–water partition coefficient (Wildman–Crippen LogP) is 0.986. The summed E-state index contributed by atoms with van der Waals surface area (Å²) in [5.41, 5.74) is 1.87. The number of benzene rings is 1. The molecule has 0 bridgehead atoms. The van der Waals surface area contributed by atoms with Crippen LogP contribution in [0.25, 0.3) is 0 Å². The van der Waals surface area contributed by atoms with Crippen LogP contribution in [0.1, 0.15) is 17.0 Å². The van der Waals surface area contributed by atoms with Crippen molar-refractivity contribution >= 4 is 5.97 Å². The number of aromatic nitrogens is 2. The fourth-order valence-corrected chi connectivity index (χ4v) is 1.54. The average molecular weight is 247 g/mol. The first-order chi connectivity index (χ1) is 8.74. The van der Waals surface area contributed by atoms with Gasteiger partial charge in [0.25, 0.3) is 0 Å². The number of carboxylic acid groups (broad SMARTS) is 1. The van der Waals surface area contributed by atoms with E-state index < -0.39 is 5.97 Å². The van der Waals surface area contributed by atoms with Crippen LogP contribution in [0.15, 0.2) is 35.2 Å². The Hall–Kier alpha value is -2.21. The van der Waals surface area contributed by atoms with Crippen LogP contribution in [-0.4, -0.2) is 21.2 Å². The van der Waals surface area contributed by atoms with E-state index in [1.807, 2.05) is 24.3 Å². The van der Waals surface area contributed by atoms with Crippen LogP contribution in [0.5, 0.6) is 0 Å². The minimum absolute atomic E-state index is 0.0522. The van der Waals surface area contributed by atoms with Crippen LogP contribution in [0.3, 0.4) is 0 Å². The molecule has 1 heterocycles. The van der Waals surface area contributed by atoms with E-state index in [1.165, 1.54) is 6.39 Å². The maximum absolute atomic E-state index is 10.5. The van der Waals surface area contributed by atoms with Crippen molar-refractivity contribution in [3.8, 4) is 0 Å². The van der Waals surface area contributed by atoms with Crippen molar-refractivity contribution in [2.24, 2.45) is 0 Å². The van der Waals surface area contributed by atoms with E-state index >= 15 is 0 Å². The molecule has 0 spiro atoms. The predicted molar refractivity (Wildman–Crippen MR) is 62.6 cm³/mol. The second-order valence-electron chi connectivity index (χ2n) is 3.84. The third-order valence-corrected chi connectivity index (χ3v) is 2.40. The van der Waals surface area contributed by atoms with Crippen LogP contribution >= 0.6 is 0 Å². The third-order valence-electron chi connectivity index (χ3n) is 2.40. The summed E-state index contributed by atoms with van der Waals surface area (Å²) < 4.78 is 4.61. The van der Waals surface area contributed by atoms with Gasteiger partial charge >= 0.3 is 5.97 Å². The van der Waals surface area contributed by atoms with E-state index in [0.29, 0.717) is 18.9 Å². The normalized spacial score (nSPS) is 10.4. The lowest BCUT2D eigenvalue weighted by atomic mass is 10.1. The number of carbonyl (C=O) groups is 1. The zero-order valence-electron chi connectivity index (χ0n) is 9.67. The molecule has 0 saturated heterocycles. The largest absolute Gasteiger partial charge is 0.481 e. The molecule has 0 aliphatic carbocycles. The maximum Gasteiger partial charge on any atom is 0.307 e. The van der Waals surface area contributed by atoms with Gasteiger partial charge in [-0.3, -0.25) is 4.79 Å². The zero-order valence-corrected chi connectivity index (χ0v) is 9.67. The molecule has 0 saturated carbocycles. The third kappa shape index (κ3) is 3.67. The summed E-state index contributed by atoms with van der Waals surface area (Å²) in [6.07, 6.45) is 1.34. The number of nitrogens with zero attached hydrogens (tertiary/aromatic N) is 2. The standard InChI is InChI=1S/C12H13N3O3/c16-12(17)5-9-1-3-10(4-2-9)6-13-7-11-14-8-18-15-11/h1-4,8,13H,5-7H2,(H,16,17). The molecule has 18 heavy (non-hydrogen) atoms. The minimum atomic E-state index is -0.821. The lowest BCUT2D eigenvalue weighted by Gasteiger charge is -2.03. The number of rotatable bonds is 6. The molecule has 2 aromatic rings. The van der Waals surface area contributed by atoms with Crippen LogP contribution in [0, 0.1) is 0 Å². The van der Waals surface area contributed by atoms with E-state index in [1.54, 1.807) is 0 Å². The molecule has 0 atom stereocenters. The van der Waals surface area contributed by atoms with E-state index in [4.69, 9.17) is 5.11 Å². The van der Waals surface area contributed by atoms with Gasteiger partial charge in [-0.2, -0.15) is 4.98 Å². The van der Waals surface area contributed by atoms with Gasteiger partial charge in [0.1, 0.15) is 0 Å². The summed E-state index contributed by atoms with van der Waals surface area (Å²) >= 11 is 0. The van der Waals surface area contributed by atoms with Gasteiger partial charge in [-0.05, 0) is 11.1 Å². The molecule has 6 nitrogen and oxygen atoms in total. The molecule has 0 unspecified atom stereocenters. The number of hydrogen-bond donors (Lipinski definition) is 2. The van der Waals surface area contributed by atoms with Crippen molar-refractivity contribution in [2.75, 3.05) is 0 Å². The lowest BCUT2D eigenvalue weighted by Crippen LogP contribution is -2.13. The molecule has 0 fully saturated rings. The van der Waals surface area contributed by atoms with Gasteiger partial charge in [-0.25, -0.2) is 0 Å². The van der Waals surface area contributed by atoms with Crippen molar-refractivity contribution in [1.82, 2.24) is 15.5 Å². The number of nitrogens with one attached hydrogen (secondary N) is 1. The van der Waals surface area contributed by atoms with Gasteiger partial charge in [0, 0.05) is 6.54 Å². The molecule has 0 amide bonds. The highest BCUT2D eigenvalue weighted by molar-refractivity contribution is 5.70. The van der Waals surface area contributed by atoms with Crippen LogP contribution in [-0.2, 0) is 24.3 Å². The van der Waals surface area contributed by atoms with Crippen molar-refractivity contribution in [3.63, 3.8) is 0 Å². The second-order valence-corrected chi connectivity index (χ2v) is 3.84. The molecule has 0 aliphatic rings. The van der Waals surface area contributed by atoms with E-state index in [9.17, 15) is 4.79 Å². The quantitative estimate of drug-likeness (QED) is 0.791. The molecule has 2 rings (SSSR count). The summed E-state index contributed by atoms with van der Waals surface area (Å²) in [5, 5.41) is 15.5. The molecule has 1 aromatic carbocycles. The van der Waals surface area contributed by atoms with Gasteiger partial charge in [-0.1, -0.05) is 29.4 Å². The first kappa shape index (κ1) is 12.3. The van der Waals surface area contributed by atoms with Crippen molar-refractivity contribution < 1.29 is 14.4 Å². The molecular weight excluding hydrogens is 234 g/mol. The molecule has 94 valence electrons. The van der Waals surface area contributed by atoms with Gasteiger partial charge in [-0.15, -0.1) is 0 Å². The number of hydrogen-bond acceptors (Lipinski definition) is 5. The average Bonchev–Trinajstić information content (AvgIpc) is 2.84. The Morgan fingerprint density at radius 1 is 1.22 bits per heavy atom. The number of aliphatic carboxylic acids is 1. The smallest absolute Gasteiger partial charge is 0.307 e. The highest BCUT2D eigenvalue weighted by Crippen LogP contribution is 2.05. The minimum Gasteiger partial charge on any atom is -0.481 e. The van der Waals surface area contributed by atoms with Gasteiger partial charge in [0.2, 0.25) is 6.39 Å². The summed E-state index contributed by atoms with van der Waals surface area (Å²) in [5.74, 6) is -0.213. The lowest BCUT2D eigenvalue weighted by molar-refractivity contribution is -0.136. The Bertz CT molecular complexity index is 494. The van der Waals surface area contributed by atoms with Gasteiger partial charge in [0.05, 0.1) is 13.0 Å². The SMILES string of the molecule is O=C(O)Cc1ccc(CNCc2ncon2)cc1. The topological polar surface area (TPSA) is 88.2 Å². The fraction of sp³-hybridized carbons (Fsp3) is 0.250. The Morgan fingerprint density at radius 2 is 1.94 bits per heavy atom. The van der Waals surface area contributed by atoms with E-state index in [2.05, 4.69) is 20.0 Å². The molecular formula is C12H13N3O3. The Labute approximate surface area is 104 Å². The summed E-state index contributed by atoms with van der Waals surface area (Å²) in [4.78, 5) is 14.4. The molecule has 0 aliphatic heterocycles. The van der Waals surface area contributed by atoms with Gasteiger partial charge < -0.3 is 14.9 Å². The molecule has 2 N–H and O–H groups in total. The first-order valence-electron chi connectivity index (χ1n) is 5.49. The summed E-state index contributed by atoms with van der Waals surface area (Å²) in [6, 6.07) is 7.45. The van der Waals surface area contributed by atoms with Crippen molar-refractivity contribution in [1.29, 1.82) is 0 Å². The number of carboxylic acids is 1. The van der Waals surface area contributed by atoms with Crippen LogP contribution in [0.2, 0.25) is 0 Å². The molecule has 1 aromatic heterocycles. The Kier molecular flexibility index (Phi) is 4.03. The van der Waals surface area contributed by atoms with Crippen LogP contribution in [0.4, 0.5) is 0 Å². The molecule has 6 heteroatoms. The maximum atomic E-state index is 10.5. The highest BCUT2D eigenvalue weighted by atomic mass is 16.5. The summed E-state index contributed by atoms with van der Waals surface area (Å²) in [7, 11) is 0. The van der Waals surface area contributed by atoms with Crippen molar-refractivity contribution in [3.05, 3.63) is 47.6 Å². The Balaban J connectivity index is 1.81. The first-order valence-corrected chi connectivity index (χ1v) is 5.49. The van der Waals surface area contributed by atoms with Gasteiger partial charge in [0.15, 0.2) is 5.82 Å². The summed E-state index contributed by atoms with van der Waals surface area (Å²) in [6.45, 7) is 1.20. The monoisotopic (exact) mass is 247 g/mol. The zero-order chi connectivity index (χ0) is 12.8. The second kappa shape index (κ2) is 5.92. The fourth-order valence-electron chi connectivity index (χ4n) is 1.54. The highest BCUT2D eigenvalue weighted by Gasteiger charge is 2.01.